The summed E-state index contributed by atoms with van der Waals surface area (Å²) in [5, 5.41) is 6.20. The molecule has 8 heteroatoms. The summed E-state index contributed by atoms with van der Waals surface area (Å²) in [5.74, 6) is 2.99. The van der Waals surface area contributed by atoms with Crippen molar-refractivity contribution in [1.82, 2.24) is 19.9 Å². The Hall–Kier alpha value is -3.68. The van der Waals surface area contributed by atoms with Gasteiger partial charge >= 0.3 is 6.03 Å². The zero-order valence-corrected chi connectivity index (χ0v) is 17.2. The summed E-state index contributed by atoms with van der Waals surface area (Å²) in [5.41, 5.74) is 1.93. The summed E-state index contributed by atoms with van der Waals surface area (Å²) in [6.45, 7) is 6.58. The van der Waals surface area contributed by atoms with Crippen molar-refractivity contribution in [3.63, 3.8) is 0 Å². The summed E-state index contributed by atoms with van der Waals surface area (Å²) in [4.78, 5) is 29.9. The van der Waals surface area contributed by atoms with Gasteiger partial charge in [-0.25, -0.2) is 19.7 Å². The lowest BCUT2D eigenvalue weighted by atomic mass is 10.3. The number of piperazine rings is 1. The molecular weight excluding hydrogens is 378 g/mol. The van der Waals surface area contributed by atoms with E-state index in [9.17, 15) is 4.79 Å². The molecule has 0 unspecified atom stereocenters. The van der Waals surface area contributed by atoms with Gasteiger partial charge in [-0.3, -0.25) is 0 Å². The van der Waals surface area contributed by atoms with Gasteiger partial charge in [0.05, 0.1) is 0 Å². The number of para-hydroxylation sites is 1. The topological polar surface area (TPSA) is 86.3 Å². The Labute approximate surface area is 176 Å². The van der Waals surface area contributed by atoms with Crippen molar-refractivity contribution in [2.75, 3.05) is 41.7 Å². The third-order valence-corrected chi connectivity index (χ3v) is 4.91. The van der Waals surface area contributed by atoms with Crippen LogP contribution in [0.1, 0.15) is 11.4 Å². The Morgan fingerprint density at radius 2 is 1.70 bits per heavy atom. The van der Waals surface area contributed by atoms with Gasteiger partial charge in [-0.15, -0.1) is 0 Å². The van der Waals surface area contributed by atoms with Crippen LogP contribution in [0.4, 0.5) is 27.9 Å². The van der Waals surface area contributed by atoms with Gasteiger partial charge in [0.1, 0.15) is 23.3 Å². The molecule has 1 saturated heterocycles. The minimum absolute atomic E-state index is 0.0763. The molecule has 4 rings (SSSR count). The molecule has 0 radical (unpaired) electrons. The molecule has 1 aliphatic rings. The Kier molecular flexibility index (Phi) is 5.74. The molecule has 1 aromatic carbocycles. The molecule has 0 spiro atoms. The second-order valence-electron chi connectivity index (χ2n) is 7.27. The van der Waals surface area contributed by atoms with Gasteiger partial charge < -0.3 is 20.4 Å². The first-order valence-electron chi connectivity index (χ1n) is 9.98. The number of pyridine rings is 1. The van der Waals surface area contributed by atoms with Gasteiger partial charge in [-0.2, -0.15) is 0 Å². The van der Waals surface area contributed by atoms with Gasteiger partial charge in [0.25, 0.3) is 0 Å². The van der Waals surface area contributed by atoms with Crippen molar-refractivity contribution >= 4 is 29.2 Å². The minimum Gasteiger partial charge on any atom is -0.353 e. The first-order chi connectivity index (χ1) is 14.6. The van der Waals surface area contributed by atoms with Crippen LogP contribution in [-0.2, 0) is 0 Å². The highest BCUT2D eigenvalue weighted by Gasteiger charge is 2.22. The zero-order chi connectivity index (χ0) is 20.9. The number of benzene rings is 1. The van der Waals surface area contributed by atoms with E-state index >= 15 is 0 Å². The van der Waals surface area contributed by atoms with Crippen LogP contribution < -0.4 is 15.5 Å². The number of carbonyl (C=O) groups excluding carboxylic acids is 1. The maximum atomic E-state index is 12.5. The normalized spacial score (nSPS) is 13.8. The van der Waals surface area contributed by atoms with Crippen molar-refractivity contribution in [1.29, 1.82) is 0 Å². The highest BCUT2D eigenvalue weighted by molar-refractivity contribution is 5.89. The number of rotatable bonds is 4. The van der Waals surface area contributed by atoms with Crippen molar-refractivity contribution in [3.8, 4) is 0 Å². The van der Waals surface area contributed by atoms with E-state index < -0.39 is 0 Å². The van der Waals surface area contributed by atoms with Gasteiger partial charge in [-0.1, -0.05) is 18.2 Å². The number of anilines is 4. The molecule has 2 amide bonds. The smallest absolute Gasteiger partial charge is 0.321 e. The first-order valence-corrected chi connectivity index (χ1v) is 9.98. The number of amides is 2. The molecule has 2 aromatic heterocycles. The van der Waals surface area contributed by atoms with Crippen LogP contribution in [0.5, 0.6) is 0 Å². The third-order valence-electron chi connectivity index (χ3n) is 4.91. The maximum absolute atomic E-state index is 12.5. The molecule has 3 heterocycles. The van der Waals surface area contributed by atoms with Crippen LogP contribution in [0, 0.1) is 13.8 Å². The number of hydrogen-bond acceptors (Lipinski definition) is 6. The van der Waals surface area contributed by atoms with Crippen molar-refractivity contribution in [2.45, 2.75) is 13.8 Å². The fourth-order valence-corrected chi connectivity index (χ4v) is 3.38. The van der Waals surface area contributed by atoms with Crippen LogP contribution >= 0.6 is 0 Å². The van der Waals surface area contributed by atoms with Crippen LogP contribution in [0.3, 0.4) is 0 Å². The highest BCUT2D eigenvalue weighted by Crippen LogP contribution is 2.21. The van der Waals surface area contributed by atoms with Gasteiger partial charge in [0, 0.05) is 44.1 Å². The molecule has 2 N–H and O–H groups in total. The van der Waals surface area contributed by atoms with E-state index in [0.717, 1.165) is 22.9 Å². The lowest BCUT2D eigenvalue weighted by Crippen LogP contribution is -2.50. The summed E-state index contributed by atoms with van der Waals surface area (Å²) in [6, 6.07) is 15.3. The Morgan fingerprint density at radius 1 is 0.933 bits per heavy atom. The molecule has 1 aliphatic heterocycles. The average Bonchev–Trinajstić information content (AvgIpc) is 2.74. The summed E-state index contributed by atoms with van der Waals surface area (Å²) in [6.07, 6.45) is 1.77. The molecule has 1 fully saturated rings. The van der Waals surface area contributed by atoms with Crippen LogP contribution in [0.15, 0.2) is 54.7 Å². The number of aryl methyl sites for hydroxylation is 2. The predicted molar refractivity (Wildman–Crippen MR) is 118 cm³/mol. The van der Waals surface area contributed by atoms with Crippen LogP contribution in [0.2, 0.25) is 0 Å². The highest BCUT2D eigenvalue weighted by atomic mass is 16.2. The number of hydrogen-bond donors (Lipinski definition) is 2. The molecule has 154 valence electrons. The number of aromatic nitrogens is 3. The zero-order valence-electron chi connectivity index (χ0n) is 17.2. The van der Waals surface area contributed by atoms with Gasteiger partial charge in [0.15, 0.2) is 0 Å². The Bertz CT molecular complexity index is 1020. The average molecular weight is 403 g/mol. The molecule has 0 bridgehead atoms. The summed E-state index contributed by atoms with van der Waals surface area (Å²) < 4.78 is 0. The lowest BCUT2D eigenvalue weighted by Gasteiger charge is -2.35. The largest absolute Gasteiger partial charge is 0.353 e. The number of nitrogens with one attached hydrogen (secondary N) is 2. The second-order valence-corrected chi connectivity index (χ2v) is 7.27. The number of urea groups is 1. The summed E-state index contributed by atoms with van der Waals surface area (Å²) in [7, 11) is 0. The SMILES string of the molecule is Cc1ccnc(Nc2cc(N3CCN(C(=O)Nc4ccccc4)CC3)nc(C)n2)c1. The fraction of sp³-hybridized carbons (Fsp3) is 0.273. The Morgan fingerprint density at radius 3 is 2.43 bits per heavy atom. The van der Waals surface area contributed by atoms with E-state index in [2.05, 4.69) is 30.5 Å². The van der Waals surface area contributed by atoms with E-state index in [-0.39, 0.29) is 6.03 Å². The molecule has 0 saturated carbocycles. The molecule has 8 nitrogen and oxygen atoms in total. The second kappa shape index (κ2) is 8.77. The number of nitrogens with zero attached hydrogens (tertiary/aromatic N) is 5. The molecule has 3 aromatic rings. The lowest BCUT2D eigenvalue weighted by molar-refractivity contribution is 0.208. The third kappa shape index (κ3) is 4.83. The van der Waals surface area contributed by atoms with Crippen molar-refractivity contribution in [3.05, 3.63) is 66.1 Å². The first kappa shape index (κ1) is 19.6. The predicted octanol–water partition coefficient (Wildman–Crippen LogP) is 3.59. The van der Waals surface area contributed by atoms with E-state index in [1.165, 1.54) is 0 Å². The quantitative estimate of drug-likeness (QED) is 0.692. The van der Waals surface area contributed by atoms with Gasteiger partial charge in [-0.05, 0) is 43.7 Å². The molecular formula is C22H25N7O. The van der Waals surface area contributed by atoms with Gasteiger partial charge in [0.2, 0.25) is 0 Å². The van der Waals surface area contributed by atoms with Crippen LogP contribution in [-0.4, -0.2) is 52.1 Å². The standard InChI is InChI=1S/C22H25N7O/c1-16-8-9-23-19(14-16)27-20-15-21(25-17(2)24-20)28-10-12-29(13-11-28)22(30)26-18-6-4-3-5-7-18/h3-9,14-15H,10-13H2,1-2H3,(H,26,30)(H,23,24,25,27). The van der Waals surface area contributed by atoms with Crippen LogP contribution in [0.25, 0.3) is 0 Å². The molecule has 30 heavy (non-hydrogen) atoms. The van der Waals surface area contributed by atoms with E-state index in [0.29, 0.717) is 37.8 Å². The minimum atomic E-state index is -0.0763. The maximum Gasteiger partial charge on any atom is 0.321 e. The molecule has 0 atom stereocenters. The number of carbonyl (C=O) groups is 1. The fourth-order valence-electron chi connectivity index (χ4n) is 3.38. The van der Waals surface area contributed by atoms with E-state index in [1.54, 1.807) is 6.20 Å². The Balaban J connectivity index is 1.39. The van der Waals surface area contributed by atoms with E-state index in [4.69, 9.17) is 0 Å². The van der Waals surface area contributed by atoms with Crippen molar-refractivity contribution in [2.24, 2.45) is 0 Å². The molecule has 0 aliphatic carbocycles. The van der Waals surface area contributed by atoms with E-state index in [1.807, 2.05) is 67.3 Å². The summed E-state index contributed by atoms with van der Waals surface area (Å²) >= 11 is 0. The monoisotopic (exact) mass is 403 g/mol. The van der Waals surface area contributed by atoms with Crippen molar-refractivity contribution < 1.29 is 4.79 Å².